The van der Waals surface area contributed by atoms with Crippen molar-refractivity contribution in [2.75, 3.05) is 13.7 Å². The van der Waals surface area contributed by atoms with Gasteiger partial charge in [0, 0.05) is 39.4 Å². The summed E-state index contributed by atoms with van der Waals surface area (Å²) in [4.78, 5) is 35.4. The third-order valence-electron chi connectivity index (χ3n) is 8.22. The van der Waals surface area contributed by atoms with E-state index in [-0.39, 0.29) is 17.9 Å². The Bertz CT molecular complexity index is 1670. The molecule has 1 aromatic carbocycles. The van der Waals surface area contributed by atoms with Crippen molar-refractivity contribution in [3.05, 3.63) is 59.4 Å². The normalized spacial score (nSPS) is 18.8. The maximum atomic E-state index is 13.5. The van der Waals surface area contributed by atoms with Gasteiger partial charge in [-0.25, -0.2) is 9.78 Å². The highest BCUT2D eigenvalue weighted by molar-refractivity contribution is 7.29. The van der Waals surface area contributed by atoms with Gasteiger partial charge in [0.05, 0.1) is 29.3 Å². The Morgan fingerprint density at radius 3 is 2.58 bits per heavy atom. The summed E-state index contributed by atoms with van der Waals surface area (Å²) in [6.07, 6.45) is 2.96. The Kier molecular flexibility index (Phi) is 7.87. The molecule has 0 bridgehead atoms. The van der Waals surface area contributed by atoms with Crippen molar-refractivity contribution in [3.63, 3.8) is 0 Å². The summed E-state index contributed by atoms with van der Waals surface area (Å²) in [5.41, 5.74) is 4.65. The fourth-order valence-electron chi connectivity index (χ4n) is 5.63. The molecule has 43 heavy (non-hydrogen) atoms. The van der Waals surface area contributed by atoms with Crippen molar-refractivity contribution in [1.29, 1.82) is 0 Å². The van der Waals surface area contributed by atoms with Crippen molar-refractivity contribution in [2.45, 2.75) is 58.2 Å². The summed E-state index contributed by atoms with van der Waals surface area (Å²) in [6, 6.07) is 7.56. The molecule has 0 aliphatic carbocycles. The third kappa shape index (κ3) is 5.47. The summed E-state index contributed by atoms with van der Waals surface area (Å²) in [5.74, 6) is 1.19. The van der Waals surface area contributed by atoms with Crippen LogP contribution in [-0.2, 0) is 18.8 Å². The molecule has 5 heterocycles. The van der Waals surface area contributed by atoms with E-state index in [0.717, 1.165) is 40.9 Å². The number of methoxy groups -OCH3 is 1. The number of aromatic amines is 1. The lowest BCUT2D eigenvalue weighted by molar-refractivity contribution is -0.135. The lowest BCUT2D eigenvalue weighted by atomic mass is 9.81. The number of imidazole rings is 1. The van der Waals surface area contributed by atoms with Crippen molar-refractivity contribution >= 4 is 56.7 Å². The Morgan fingerprint density at radius 1 is 1.19 bits per heavy atom. The topological polar surface area (TPSA) is 106 Å². The first-order chi connectivity index (χ1) is 20.6. The molecule has 0 saturated carbocycles. The average Bonchev–Trinajstić information content (AvgIpc) is 3.80. The monoisotopic (exact) mass is 618 g/mol. The number of rotatable bonds is 7. The Morgan fingerprint density at radius 2 is 1.91 bits per heavy atom. The molecular formula is C31H35BN4O5S2. The predicted molar refractivity (Wildman–Crippen MR) is 171 cm³/mol. The van der Waals surface area contributed by atoms with Gasteiger partial charge in [-0.15, -0.1) is 22.7 Å². The number of hydrogen-bond donors (Lipinski definition) is 2. The van der Waals surface area contributed by atoms with Gasteiger partial charge in [-0.3, -0.25) is 4.79 Å². The number of alkyl carbamates (subject to hydrolysis) is 1. The third-order valence-corrected chi connectivity index (χ3v) is 10.4. The van der Waals surface area contributed by atoms with Crippen molar-refractivity contribution < 1.29 is 23.6 Å². The number of H-pyrrole nitrogens is 1. The van der Waals surface area contributed by atoms with Crippen LogP contribution in [0.5, 0.6) is 0 Å². The number of amides is 2. The second-order valence-corrected chi connectivity index (χ2v) is 13.6. The number of ether oxygens (including phenoxy) is 1. The Labute approximate surface area is 259 Å². The number of carbonyl (C=O) groups excluding carboxylic acids is 2. The predicted octanol–water partition coefficient (Wildman–Crippen LogP) is 6.10. The number of fused-ring (bicyclic) bond motifs is 1. The molecule has 12 heteroatoms. The number of benzene rings is 1. The summed E-state index contributed by atoms with van der Waals surface area (Å²) < 4.78 is 19.2. The van der Waals surface area contributed by atoms with Crippen LogP contribution in [0, 0.1) is 5.92 Å². The molecule has 4 aromatic rings. The number of nitrogens with zero attached hydrogens (tertiary/aromatic N) is 2. The van der Waals surface area contributed by atoms with E-state index in [2.05, 4.69) is 51.9 Å². The van der Waals surface area contributed by atoms with E-state index in [1.165, 1.54) is 22.1 Å². The van der Waals surface area contributed by atoms with E-state index in [0.29, 0.717) is 12.3 Å². The zero-order valence-corrected chi connectivity index (χ0v) is 26.6. The first kappa shape index (κ1) is 29.5. The lowest BCUT2D eigenvalue weighted by Crippen LogP contribution is -2.51. The van der Waals surface area contributed by atoms with E-state index in [9.17, 15) is 9.59 Å². The number of thiophene rings is 2. The minimum atomic E-state index is -0.664. The smallest absolute Gasteiger partial charge is 0.534 e. The average molecular weight is 619 g/mol. The van der Waals surface area contributed by atoms with Crippen LogP contribution in [0.2, 0.25) is 0 Å². The molecule has 3 aromatic heterocycles. The van der Waals surface area contributed by atoms with Gasteiger partial charge in [0.15, 0.2) is 0 Å². The molecule has 2 atom stereocenters. The Balaban J connectivity index is 1.19. The minimum Gasteiger partial charge on any atom is -0.534 e. The van der Waals surface area contributed by atoms with Gasteiger partial charge in [-0.05, 0) is 43.6 Å². The molecule has 0 radical (unpaired) electrons. The van der Waals surface area contributed by atoms with E-state index in [1.54, 1.807) is 22.7 Å². The number of aromatic nitrogens is 2. The van der Waals surface area contributed by atoms with E-state index < -0.39 is 24.9 Å². The fraction of sp³-hybridized carbons (Fsp3) is 0.387. The maximum absolute atomic E-state index is 13.5. The minimum absolute atomic E-state index is 0.0831. The van der Waals surface area contributed by atoms with E-state index >= 15 is 0 Å². The summed E-state index contributed by atoms with van der Waals surface area (Å²) >= 11 is 3.40. The van der Waals surface area contributed by atoms with Crippen LogP contribution in [0.4, 0.5) is 4.79 Å². The molecule has 0 unspecified atom stereocenters. The summed E-state index contributed by atoms with van der Waals surface area (Å²) in [7, 11) is 0.858. The molecular weight excluding hydrogens is 583 g/mol. The molecule has 9 nitrogen and oxygen atoms in total. The number of carbonyl (C=O) groups is 2. The highest BCUT2D eigenvalue weighted by Crippen LogP contribution is 2.39. The van der Waals surface area contributed by atoms with E-state index in [1.807, 2.05) is 38.8 Å². The number of hydrogen-bond acceptors (Lipinski definition) is 8. The zero-order valence-electron chi connectivity index (χ0n) is 24.9. The van der Waals surface area contributed by atoms with Crippen LogP contribution in [0.3, 0.4) is 0 Å². The lowest BCUT2D eigenvalue weighted by Gasteiger charge is -2.29. The van der Waals surface area contributed by atoms with Gasteiger partial charge < -0.3 is 29.2 Å². The molecule has 2 N–H and O–H groups in total. The molecule has 2 aliphatic heterocycles. The summed E-state index contributed by atoms with van der Waals surface area (Å²) in [6.45, 7) is 12.4. The second kappa shape index (κ2) is 11.5. The van der Waals surface area contributed by atoms with Crippen LogP contribution in [0.1, 0.15) is 52.4 Å². The van der Waals surface area contributed by atoms with Crippen molar-refractivity contribution in [1.82, 2.24) is 20.2 Å². The van der Waals surface area contributed by atoms with Gasteiger partial charge in [-0.1, -0.05) is 44.7 Å². The molecule has 2 fully saturated rings. The SMILES string of the molecule is C=C1OB(c2csc3c(-c4ccc(-c5c[nH]c([C@@H]6CCCN6C(=O)[C@@H](NC(=O)OC)C(C)C)n5)cc4)csc23)OC1(C)C. The largest absolute Gasteiger partial charge is 0.565 e. The van der Waals surface area contributed by atoms with Crippen molar-refractivity contribution in [2.24, 2.45) is 5.92 Å². The van der Waals surface area contributed by atoms with Gasteiger partial charge in [0.25, 0.3) is 0 Å². The van der Waals surface area contributed by atoms with Gasteiger partial charge in [0.1, 0.15) is 17.5 Å². The quantitative estimate of drug-likeness (QED) is 0.243. The zero-order chi connectivity index (χ0) is 30.5. The molecule has 2 saturated heterocycles. The van der Waals surface area contributed by atoms with Crippen LogP contribution in [0.25, 0.3) is 31.8 Å². The standard InChI is InChI=1S/C31H35BN4O5S2/c1-17(2)25(35-30(38)39-6)29(37)36-13-7-8-24(36)28-33-14-23(34-28)20-11-9-19(10-12-20)21-15-42-27-22(16-43-26(21)27)32-40-18(3)31(4,5)41-32/h9-12,14-17,24-25H,3,7-8,13H2,1-2,4-6H3,(H,33,34)(H,35,38)/t24-,25-/m0/s1. The molecule has 0 spiro atoms. The maximum Gasteiger partial charge on any atom is 0.565 e. The van der Waals surface area contributed by atoms with Gasteiger partial charge >= 0.3 is 13.2 Å². The van der Waals surface area contributed by atoms with Gasteiger partial charge in [-0.2, -0.15) is 0 Å². The van der Waals surface area contributed by atoms with Gasteiger partial charge in [0.2, 0.25) is 5.91 Å². The number of nitrogens with one attached hydrogen (secondary N) is 2. The molecule has 2 aliphatic rings. The summed E-state index contributed by atoms with van der Waals surface area (Å²) in [5, 5.41) is 7.00. The first-order valence-electron chi connectivity index (χ1n) is 14.4. The molecule has 2 amide bonds. The van der Waals surface area contributed by atoms with Crippen molar-refractivity contribution in [3.8, 4) is 22.4 Å². The molecule has 6 rings (SSSR count). The fourth-order valence-corrected chi connectivity index (χ4v) is 8.06. The van der Waals surface area contributed by atoms with Crippen LogP contribution < -0.4 is 10.8 Å². The van der Waals surface area contributed by atoms with Crippen LogP contribution in [-0.4, -0.2) is 59.3 Å². The Hall–Kier alpha value is -3.61. The first-order valence-corrected chi connectivity index (χ1v) is 16.2. The second-order valence-electron chi connectivity index (χ2n) is 11.8. The highest BCUT2D eigenvalue weighted by Gasteiger charge is 2.44. The highest BCUT2D eigenvalue weighted by atomic mass is 32.1. The van der Waals surface area contributed by atoms with Crippen LogP contribution >= 0.6 is 22.7 Å². The number of likely N-dealkylation sites (tertiary alicyclic amines) is 1. The van der Waals surface area contributed by atoms with E-state index in [4.69, 9.17) is 19.0 Å². The van der Waals surface area contributed by atoms with Crippen LogP contribution in [0.15, 0.2) is 53.6 Å². The molecule has 224 valence electrons.